The van der Waals surface area contributed by atoms with Crippen LogP contribution in [0.25, 0.3) is 0 Å². The van der Waals surface area contributed by atoms with Crippen LogP contribution in [0, 0.1) is 0 Å². The lowest BCUT2D eigenvalue weighted by Crippen LogP contribution is -2.25. The Labute approximate surface area is 113 Å². The normalized spacial score (nSPS) is 13.8. The monoisotopic (exact) mass is 268 g/mol. The standard InChI is InChI=1S/C14H20O5/c1-17-13-5-3-11(4-6-13)9-19-10-14(18-2)7-12(16)8-15/h3-6,8,12,14,16H,7,9-10H2,1-2H3. The van der Waals surface area contributed by atoms with Gasteiger partial charge in [-0.15, -0.1) is 0 Å². The van der Waals surface area contributed by atoms with Gasteiger partial charge >= 0.3 is 0 Å². The van der Waals surface area contributed by atoms with Crippen molar-refractivity contribution in [2.45, 2.75) is 25.2 Å². The number of hydrogen-bond donors (Lipinski definition) is 1. The lowest BCUT2D eigenvalue weighted by molar-refractivity contribution is -0.117. The molecule has 0 aromatic heterocycles. The van der Waals surface area contributed by atoms with Crippen molar-refractivity contribution in [2.75, 3.05) is 20.8 Å². The summed E-state index contributed by atoms with van der Waals surface area (Å²) in [5, 5.41) is 9.22. The molecule has 106 valence electrons. The largest absolute Gasteiger partial charge is 0.497 e. The number of aliphatic hydroxyl groups is 1. The zero-order chi connectivity index (χ0) is 14.1. The molecule has 5 nitrogen and oxygen atoms in total. The van der Waals surface area contributed by atoms with Gasteiger partial charge in [0.1, 0.15) is 18.1 Å². The predicted molar refractivity (Wildman–Crippen MR) is 70.1 cm³/mol. The van der Waals surface area contributed by atoms with Gasteiger partial charge in [0.25, 0.3) is 0 Å². The van der Waals surface area contributed by atoms with Crippen molar-refractivity contribution in [3.63, 3.8) is 0 Å². The highest BCUT2D eigenvalue weighted by molar-refractivity contribution is 5.55. The molecule has 0 aliphatic carbocycles. The van der Waals surface area contributed by atoms with Gasteiger partial charge in [-0.2, -0.15) is 0 Å². The van der Waals surface area contributed by atoms with Crippen LogP contribution in [0.3, 0.4) is 0 Å². The summed E-state index contributed by atoms with van der Waals surface area (Å²) >= 11 is 0. The van der Waals surface area contributed by atoms with Crippen LogP contribution < -0.4 is 4.74 Å². The third-order valence-electron chi connectivity index (χ3n) is 2.73. The molecule has 0 heterocycles. The Kier molecular flexibility index (Phi) is 7.10. The predicted octanol–water partition coefficient (Wildman–Crippen LogP) is 1.18. The van der Waals surface area contributed by atoms with Gasteiger partial charge in [0.05, 0.1) is 26.4 Å². The van der Waals surface area contributed by atoms with Gasteiger partial charge in [0.15, 0.2) is 0 Å². The zero-order valence-electron chi connectivity index (χ0n) is 11.2. The number of aldehydes is 1. The second-order valence-electron chi connectivity index (χ2n) is 4.16. The molecule has 0 amide bonds. The SMILES string of the molecule is COc1ccc(COCC(CC(O)C=O)OC)cc1. The molecular formula is C14H20O5. The third kappa shape index (κ3) is 5.83. The summed E-state index contributed by atoms with van der Waals surface area (Å²) < 4.78 is 15.7. The number of hydrogen-bond acceptors (Lipinski definition) is 5. The van der Waals surface area contributed by atoms with Crippen molar-refractivity contribution < 1.29 is 24.1 Å². The molecule has 0 aliphatic heterocycles. The first-order valence-electron chi connectivity index (χ1n) is 6.06. The maximum atomic E-state index is 10.4. The molecule has 0 spiro atoms. The maximum Gasteiger partial charge on any atom is 0.148 e. The summed E-state index contributed by atoms with van der Waals surface area (Å²) in [6, 6.07) is 7.56. The van der Waals surface area contributed by atoms with E-state index in [-0.39, 0.29) is 12.5 Å². The number of rotatable bonds is 9. The Morgan fingerprint density at radius 2 is 1.95 bits per heavy atom. The van der Waals surface area contributed by atoms with E-state index >= 15 is 0 Å². The Morgan fingerprint density at radius 1 is 1.26 bits per heavy atom. The van der Waals surface area contributed by atoms with E-state index < -0.39 is 6.10 Å². The lowest BCUT2D eigenvalue weighted by Gasteiger charge is -2.16. The molecular weight excluding hydrogens is 248 g/mol. The van der Waals surface area contributed by atoms with Crippen molar-refractivity contribution in [2.24, 2.45) is 0 Å². The van der Waals surface area contributed by atoms with Crippen LogP contribution in [0.1, 0.15) is 12.0 Å². The average molecular weight is 268 g/mol. The molecule has 2 atom stereocenters. The van der Waals surface area contributed by atoms with Gasteiger partial charge in [-0.1, -0.05) is 12.1 Å². The molecule has 5 heteroatoms. The number of aliphatic hydroxyl groups excluding tert-OH is 1. The fraction of sp³-hybridized carbons (Fsp3) is 0.500. The quantitative estimate of drug-likeness (QED) is 0.681. The molecule has 1 aromatic rings. The number of ether oxygens (including phenoxy) is 3. The minimum Gasteiger partial charge on any atom is -0.497 e. The van der Waals surface area contributed by atoms with Crippen LogP contribution in [0.4, 0.5) is 0 Å². The Balaban J connectivity index is 2.32. The fourth-order valence-electron chi connectivity index (χ4n) is 1.59. The number of carbonyl (C=O) groups is 1. The summed E-state index contributed by atoms with van der Waals surface area (Å²) in [7, 11) is 3.14. The van der Waals surface area contributed by atoms with Crippen LogP contribution in [0.15, 0.2) is 24.3 Å². The van der Waals surface area contributed by atoms with Gasteiger partial charge < -0.3 is 24.1 Å². The Hall–Kier alpha value is -1.43. The molecule has 2 unspecified atom stereocenters. The third-order valence-corrected chi connectivity index (χ3v) is 2.73. The van der Waals surface area contributed by atoms with Crippen molar-refractivity contribution in [3.05, 3.63) is 29.8 Å². The minimum atomic E-state index is -1.01. The Bertz CT molecular complexity index is 363. The van der Waals surface area contributed by atoms with E-state index in [0.717, 1.165) is 11.3 Å². The van der Waals surface area contributed by atoms with Gasteiger partial charge in [0, 0.05) is 13.5 Å². The first kappa shape index (κ1) is 15.6. The first-order chi connectivity index (χ1) is 9.19. The molecule has 0 saturated heterocycles. The molecule has 1 aromatic carbocycles. The van der Waals surface area contributed by atoms with Gasteiger partial charge in [-0.3, -0.25) is 0 Å². The van der Waals surface area contributed by atoms with Crippen molar-refractivity contribution in [1.82, 2.24) is 0 Å². The number of methoxy groups -OCH3 is 2. The van der Waals surface area contributed by atoms with E-state index in [1.165, 1.54) is 7.11 Å². The molecule has 0 saturated carbocycles. The molecule has 0 radical (unpaired) electrons. The molecule has 1 rings (SSSR count). The summed E-state index contributed by atoms with van der Waals surface area (Å²) in [6.45, 7) is 0.772. The van der Waals surface area contributed by atoms with Crippen LogP contribution in [-0.4, -0.2) is 44.4 Å². The fourth-order valence-corrected chi connectivity index (χ4v) is 1.59. The van der Waals surface area contributed by atoms with Crippen LogP contribution in [-0.2, 0) is 20.9 Å². The maximum absolute atomic E-state index is 10.4. The lowest BCUT2D eigenvalue weighted by atomic mass is 10.2. The van der Waals surface area contributed by atoms with E-state index in [0.29, 0.717) is 19.5 Å². The van der Waals surface area contributed by atoms with Crippen molar-refractivity contribution >= 4 is 6.29 Å². The van der Waals surface area contributed by atoms with Crippen LogP contribution >= 0.6 is 0 Å². The Morgan fingerprint density at radius 3 is 2.47 bits per heavy atom. The van der Waals surface area contributed by atoms with Crippen LogP contribution in [0.2, 0.25) is 0 Å². The van der Waals surface area contributed by atoms with Crippen molar-refractivity contribution in [3.8, 4) is 5.75 Å². The number of carbonyl (C=O) groups excluding carboxylic acids is 1. The van der Waals surface area contributed by atoms with E-state index in [9.17, 15) is 9.90 Å². The van der Waals surface area contributed by atoms with Crippen molar-refractivity contribution in [1.29, 1.82) is 0 Å². The van der Waals surface area contributed by atoms with E-state index in [2.05, 4.69) is 0 Å². The summed E-state index contributed by atoms with van der Waals surface area (Å²) in [6.07, 6.45) is -0.564. The average Bonchev–Trinajstić information content (AvgIpc) is 2.46. The summed E-state index contributed by atoms with van der Waals surface area (Å²) in [5.74, 6) is 0.799. The van der Waals surface area contributed by atoms with Gasteiger partial charge in [-0.25, -0.2) is 0 Å². The minimum absolute atomic E-state index is 0.239. The zero-order valence-corrected chi connectivity index (χ0v) is 11.2. The first-order valence-corrected chi connectivity index (χ1v) is 6.06. The van der Waals surface area contributed by atoms with E-state index in [4.69, 9.17) is 14.2 Å². The molecule has 0 aliphatic rings. The molecule has 19 heavy (non-hydrogen) atoms. The van der Waals surface area contributed by atoms with E-state index in [1.54, 1.807) is 7.11 Å². The second kappa shape index (κ2) is 8.63. The van der Waals surface area contributed by atoms with Gasteiger partial charge in [0.2, 0.25) is 0 Å². The highest BCUT2D eigenvalue weighted by atomic mass is 16.5. The summed E-state index contributed by atoms with van der Waals surface area (Å²) in [5.41, 5.74) is 1.02. The second-order valence-corrected chi connectivity index (χ2v) is 4.16. The number of benzene rings is 1. The van der Waals surface area contributed by atoms with Gasteiger partial charge in [-0.05, 0) is 17.7 Å². The summed E-state index contributed by atoms with van der Waals surface area (Å²) in [4.78, 5) is 10.4. The van der Waals surface area contributed by atoms with E-state index in [1.807, 2.05) is 24.3 Å². The highest BCUT2D eigenvalue weighted by Crippen LogP contribution is 2.12. The molecule has 0 bridgehead atoms. The topological polar surface area (TPSA) is 65.0 Å². The molecule has 0 fully saturated rings. The molecule has 1 N–H and O–H groups in total. The smallest absolute Gasteiger partial charge is 0.148 e. The van der Waals surface area contributed by atoms with Crippen LogP contribution in [0.5, 0.6) is 5.75 Å². The highest BCUT2D eigenvalue weighted by Gasteiger charge is 2.13.